The fourth-order valence-corrected chi connectivity index (χ4v) is 6.35. The highest BCUT2D eigenvalue weighted by Crippen LogP contribution is 2.45. The molecule has 5 aromatic rings. The summed E-state index contributed by atoms with van der Waals surface area (Å²) in [5.41, 5.74) is 10.1. The van der Waals surface area contributed by atoms with Crippen LogP contribution in [0, 0.1) is 18.3 Å². The molecule has 0 saturated heterocycles. The summed E-state index contributed by atoms with van der Waals surface area (Å²) in [4.78, 5) is 13.4. The van der Waals surface area contributed by atoms with Crippen LogP contribution >= 0.6 is 22.9 Å². The highest BCUT2D eigenvalue weighted by Gasteiger charge is 2.32. The number of methoxy groups -OCH3 is 1. The SMILES string of the molecule is COc1cc(C2C(C#N)=C(N)Oc3cc(OC(=O)c4sc5ccccc5c4Cl)ccc32)ccc1OCc1ccc(C)cc1. The van der Waals surface area contributed by atoms with Gasteiger partial charge in [-0.15, -0.1) is 11.3 Å². The van der Waals surface area contributed by atoms with Crippen molar-refractivity contribution in [2.75, 3.05) is 7.11 Å². The number of aryl methyl sites for hydroxylation is 1. The lowest BCUT2D eigenvalue weighted by molar-refractivity contribution is 0.0740. The summed E-state index contributed by atoms with van der Waals surface area (Å²) >= 11 is 7.74. The Morgan fingerprint density at radius 1 is 1.05 bits per heavy atom. The Balaban J connectivity index is 1.28. The molecule has 6 rings (SSSR count). The average molecular weight is 609 g/mol. The Hall–Kier alpha value is -4.97. The number of benzene rings is 4. The number of carbonyl (C=O) groups excluding carboxylic acids is 1. The van der Waals surface area contributed by atoms with Crippen LogP contribution in [0.3, 0.4) is 0 Å². The molecule has 214 valence electrons. The number of nitriles is 1. The molecule has 0 aliphatic carbocycles. The third kappa shape index (κ3) is 5.48. The van der Waals surface area contributed by atoms with Gasteiger partial charge in [-0.1, -0.05) is 71.8 Å². The minimum Gasteiger partial charge on any atom is -0.493 e. The number of hydrogen-bond acceptors (Lipinski definition) is 8. The predicted octanol–water partition coefficient (Wildman–Crippen LogP) is 7.89. The Kier molecular flexibility index (Phi) is 7.68. The highest BCUT2D eigenvalue weighted by molar-refractivity contribution is 7.21. The summed E-state index contributed by atoms with van der Waals surface area (Å²) in [7, 11) is 1.56. The molecule has 7 nitrogen and oxygen atoms in total. The number of ether oxygens (including phenoxy) is 4. The Labute approximate surface area is 257 Å². The van der Waals surface area contributed by atoms with E-state index in [1.807, 2.05) is 73.7 Å². The van der Waals surface area contributed by atoms with Gasteiger partial charge in [0.05, 0.1) is 18.1 Å². The summed E-state index contributed by atoms with van der Waals surface area (Å²) in [6.07, 6.45) is 0. The maximum Gasteiger partial charge on any atom is 0.355 e. The van der Waals surface area contributed by atoms with E-state index >= 15 is 0 Å². The molecule has 0 bridgehead atoms. The van der Waals surface area contributed by atoms with E-state index in [0.717, 1.165) is 21.2 Å². The standard InChI is InChI=1S/C34H25ClN2O5S/c1-19-7-9-20(10-8-19)18-40-26-14-11-21(15-28(26)39-2)30-23-13-12-22(16-27(23)42-33(37)25(30)17-36)41-34(38)32-31(35)24-5-3-4-6-29(24)43-32/h3-16,30H,18,37H2,1-2H3. The molecular formula is C34H25ClN2O5S. The van der Waals surface area contributed by atoms with Crippen molar-refractivity contribution in [1.82, 2.24) is 0 Å². The van der Waals surface area contributed by atoms with Gasteiger partial charge in [-0.05, 0) is 42.3 Å². The van der Waals surface area contributed by atoms with E-state index in [1.54, 1.807) is 25.3 Å². The van der Waals surface area contributed by atoms with Gasteiger partial charge in [0.15, 0.2) is 11.5 Å². The molecule has 9 heteroatoms. The van der Waals surface area contributed by atoms with Crippen molar-refractivity contribution in [1.29, 1.82) is 5.26 Å². The molecule has 0 saturated carbocycles. The second-order valence-corrected chi connectivity index (χ2v) is 11.4. The van der Waals surface area contributed by atoms with Crippen LogP contribution in [0.2, 0.25) is 5.02 Å². The van der Waals surface area contributed by atoms with Gasteiger partial charge >= 0.3 is 5.97 Å². The number of nitrogens with two attached hydrogens (primary N) is 1. The summed E-state index contributed by atoms with van der Waals surface area (Å²) in [6.45, 7) is 2.41. The molecule has 1 unspecified atom stereocenters. The van der Waals surface area contributed by atoms with Crippen molar-refractivity contribution in [2.24, 2.45) is 5.73 Å². The Morgan fingerprint density at radius 3 is 2.58 bits per heavy atom. The van der Waals surface area contributed by atoms with Gasteiger partial charge in [-0.3, -0.25) is 0 Å². The first kappa shape index (κ1) is 28.2. The Bertz CT molecular complexity index is 1940. The maximum absolute atomic E-state index is 13.0. The summed E-state index contributed by atoms with van der Waals surface area (Å²) in [5, 5.41) is 11.2. The number of esters is 1. The van der Waals surface area contributed by atoms with Gasteiger partial charge in [0, 0.05) is 21.7 Å². The van der Waals surface area contributed by atoms with Crippen LogP contribution in [0.5, 0.6) is 23.0 Å². The fraction of sp³-hybridized carbons (Fsp3) is 0.118. The van der Waals surface area contributed by atoms with Crippen LogP contribution in [0.15, 0.2) is 96.4 Å². The smallest absolute Gasteiger partial charge is 0.355 e. The van der Waals surface area contributed by atoms with E-state index in [2.05, 4.69) is 6.07 Å². The zero-order valence-electron chi connectivity index (χ0n) is 23.2. The number of carbonyl (C=O) groups is 1. The molecule has 1 aliphatic rings. The lowest BCUT2D eigenvalue weighted by atomic mass is 9.83. The monoisotopic (exact) mass is 608 g/mol. The normalized spacial score (nSPS) is 14.0. The zero-order chi connectivity index (χ0) is 30.1. The van der Waals surface area contributed by atoms with E-state index < -0.39 is 11.9 Å². The van der Waals surface area contributed by atoms with Crippen LogP contribution in [-0.2, 0) is 6.61 Å². The number of nitrogens with zero attached hydrogens (tertiary/aromatic N) is 1. The molecule has 4 aromatic carbocycles. The van der Waals surface area contributed by atoms with Gasteiger partial charge in [0.2, 0.25) is 5.88 Å². The quantitative estimate of drug-likeness (QED) is 0.148. The summed E-state index contributed by atoms with van der Waals surface area (Å²) in [5.74, 6) is 0.543. The van der Waals surface area contributed by atoms with Crippen LogP contribution in [-0.4, -0.2) is 13.1 Å². The predicted molar refractivity (Wildman–Crippen MR) is 166 cm³/mol. The average Bonchev–Trinajstić information content (AvgIpc) is 3.36. The number of thiophene rings is 1. The van der Waals surface area contributed by atoms with Gasteiger partial charge in [-0.2, -0.15) is 5.26 Å². The van der Waals surface area contributed by atoms with Gasteiger partial charge in [-0.25, -0.2) is 4.79 Å². The molecule has 1 aliphatic heterocycles. The summed E-state index contributed by atoms with van der Waals surface area (Å²) in [6, 6.07) is 28.3. The molecule has 0 amide bonds. The molecule has 2 N–H and O–H groups in total. The molecule has 2 heterocycles. The molecule has 0 spiro atoms. The van der Waals surface area contributed by atoms with Crippen molar-refractivity contribution in [2.45, 2.75) is 19.4 Å². The zero-order valence-corrected chi connectivity index (χ0v) is 24.8. The number of hydrogen-bond donors (Lipinski definition) is 1. The van der Waals surface area contributed by atoms with Crippen LogP contribution in [0.4, 0.5) is 0 Å². The first-order chi connectivity index (χ1) is 20.9. The molecule has 0 radical (unpaired) electrons. The first-order valence-electron chi connectivity index (χ1n) is 13.3. The van der Waals surface area contributed by atoms with Crippen molar-refractivity contribution >= 4 is 39.0 Å². The van der Waals surface area contributed by atoms with E-state index in [1.165, 1.54) is 16.9 Å². The van der Waals surface area contributed by atoms with E-state index in [4.69, 9.17) is 36.3 Å². The third-order valence-corrected chi connectivity index (χ3v) is 8.81. The lowest BCUT2D eigenvalue weighted by Crippen LogP contribution is -2.21. The number of fused-ring (bicyclic) bond motifs is 2. The molecular weight excluding hydrogens is 584 g/mol. The van der Waals surface area contributed by atoms with E-state index in [9.17, 15) is 10.1 Å². The van der Waals surface area contributed by atoms with Crippen molar-refractivity contribution in [3.8, 4) is 29.1 Å². The first-order valence-corrected chi connectivity index (χ1v) is 14.5. The lowest BCUT2D eigenvalue weighted by Gasteiger charge is -2.27. The van der Waals surface area contributed by atoms with Crippen molar-refractivity contribution in [3.63, 3.8) is 0 Å². The topological polar surface area (TPSA) is 104 Å². The van der Waals surface area contributed by atoms with Gasteiger partial charge in [0.25, 0.3) is 0 Å². The largest absolute Gasteiger partial charge is 0.493 e. The van der Waals surface area contributed by atoms with Crippen molar-refractivity contribution in [3.05, 3.63) is 129 Å². The van der Waals surface area contributed by atoms with Crippen LogP contribution in [0.25, 0.3) is 10.1 Å². The second kappa shape index (κ2) is 11.7. The molecule has 43 heavy (non-hydrogen) atoms. The van der Waals surface area contributed by atoms with Crippen LogP contribution in [0.1, 0.15) is 37.8 Å². The third-order valence-electron chi connectivity index (χ3n) is 7.16. The number of halogens is 1. The minimum absolute atomic E-state index is 0.0327. The summed E-state index contributed by atoms with van der Waals surface area (Å²) < 4.78 is 24.1. The maximum atomic E-state index is 13.0. The van der Waals surface area contributed by atoms with Crippen LogP contribution < -0.4 is 24.7 Å². The highest BCUT2D eigenvalue weighted by atomic mass is 35.5. The second-order valence-electron chi connectivity index (χ2n) is 9.94. The molecule has 1 atom stereocenters. The number of allylic oxidation sites excluding steroid dienone is 1. The number of rotatable bonds is 7. The minimum atomic E-state index is -0.578. The van der Waals surface area contributed by atoms with Gasteiger partial charge in [0.1, 0.15) is 34.6 Å². The Morgan fingerprint density at radius 2 is 1.84 bits per heavy atom. The van der Waals surface area contributed by atoms with E-state index in [-0.39, 0.29) is 17.2 Å². The molecule has 0 fully saturated rings. The van der Waals surface area contributed by atoms with Crippen molar-refractivity contribution < 1.29 is 23.7 Å². The van der Waals surface area contributed by atoms with E-state index in [0.29, 0.717) is 39.3 Å². The fourth-order valence-electron chi connectivity index (χ4n) is 4.97. The molecule has 1 aromatic heterocycles. The van der Waals surface area contributed by atoms with Gasteiger partial charge < -0.3 is 24.7 Å².